The van der Waals surface area contributed by atoms with E-state index in [1.54, 1.807) is 31.2 Å². The minimum Gasteiger partial charge on any atom is -0.484 e. The van der Waals surface area contributed by atoms with Crippen LogP contribution in [0.2, 0.25) is 0 Å². The molecule has 24 heavy (non-hydrogen) atoms. The van der Waals surface area contributed by atoms with E-state index in [0.29, 0.717) is 5.76 Å². The molecule has 2 N–H and O–H groups in total. The van der Waals surface area contributed by atoms with Crippen molar-refractivity contribution < 1.29 is 27.1 Å². The van der Waals surface area contributed by atoms with Crippen molar-refractivity contribution in [2.75, 3.05) is 6.61 Å². The van der Waals surface area contributed by atoms with Gasteiger partial charge in [0.15, 0.2) is 6.61 Å². The first-order chi connectivity index (χ1) is 11.3. The smallest absolute Gasteiger partial charge is 0.422 e. The van der Waals surface area contributed by atoms with Gasteiger partial charge >= 0.3 is 12.2 Å². The Morgan fingerprint density at radius 2 is 1.96 bits per heavy atom. The van der Waals surface area contributed by atoms with Crippen LogP contribution in [0, 0.1) is 0 Å². The Balaban J connectivity index is 1.81. The Morgan fingerprint density at radius 1 is 1.25 bits per heavy atom. The van der Waals surface area contributed by atoms with Crippen molar-refractivity contribution >= 4 is 6.03 Å². The Hall–Kier alpha value is -2.64. The van der Waals surface area contributed by atoms with Crippen LogP contribution in [-0.2, 0) is 6.54 Å². The lowest BCUT2D eigenvalue weighted by molar-refractivity contribution is -0.153. The lowest BCUT2D eigenvalue weighted by Crippen LogP contribution is -2.36. The lowest BCUT2D eigenvalue weighted by Gasteiger charge is -2.15. The van der Waals surface area contributed by atoms with Gasteiger partial charge in [0.05, 0.1) is 18.8 Å². The predicted molar refractivity (Wildman–Crippen MR) is 80.5 cm³/mol. The molecule has 0 aliphatic carbocycles. The van der Waals surface area contributed by atoms with Crippen LogP contribution in [0.25, 0.3) is 0 Å². The normalized spacial score (nSPS) is 12.5. The molecule has 1 aromatic carbocycles. The van der Waals surface area contributed by atoms with E-state index in [1.807, 2.05) is 0 Å². The SMILES string of the molecule is CC(NC(=O)NCc1ccco1)c1ccc(OCC(F)(F)F)cc1. The maximum atomic E-state index is 12.1. The number of alkyl halides is 3. The summed E-state index contributed by atoms with van der Waals surface area (Å²) in [6.07, 6.45) is -2.86. The zero-order chi connectivity index (χ0) is 17.6. The van der Waals surface area contributed by atoms with Gasteiger partial charge < -0.3 is 19.8 Å². The highest BCUT2D eigenvalue weighted by Crippen LogP contribution is 2.21. The zero-order valence-electron chi connectivity index (χ0n) is 12.9. The molecule has 1 unspecified atom stereocenters. The van der Waals surface area contributed by atoms with Gasteiger partial charge in [-0.2, -0.15) is 13.2 Å². The number of furan rings is 1. The molecular formula is C16H17F3N2O3. The minimum absolute atomic E-state index is 0.116. The quantitative estimate of drug-likeness (QED) is 0.840. The van der Waals surface area contributed by atoms with Gasteiger partial charge in [0.1, 0.15) is 11.5 Å². The molecule has 0 bridgehead atoms. The molecule has 0 saturated heterocycles. The van der Waals surface area contributed by atoms with Crippen molar-refractivity contribution in [1.82, 2.24) is 10.6 Å². The maximum Gasteiger partial charge on any atom is 0.422 e. The summed E-state index contributed by atoms with van der Waals surface area (Å²) in [7, 11) is 0. The van der Waals surface area contributed by atoms with E-state index in [-0.39, 0.29) is 24.4 Å². The number of hydrogen-bond donors (Lipinski definition) is 2. The predicted octanol–water partition coefficient (Wildman–Crippen LogP) is 3.78. The number of ether oxygens (including phenoxy) is 1. The standard InChI is InChI=1S/C16H17F3N2O3/c1-11(21-15(22)20-9-14-3-2-8-23-14)12-4-6-13(7-5-12)24-10-16(17,18)19/h2-8,11H,9-10H2,1H3,(H2,20,21,22). The van der Waals surface area contributed by atoms with Crippen molar-refractivity contribution in [3.63, 3.8) is 0 Å². The van der Waals surface area contributed by atoms with Crippen LogP contribution >= 0.6 is 0 Å². The number of carbonyl (C=O) groups is 1. The molecule has 2 rings (SSSR count). The van der Waals surface area contributed by atoms with Crippen molar-refractivity contribution in [1.29, 1.82) is 0 Å². The van der Waals surface area contributed by atoms with Gasteiger partial charge in [0.25, 0.3) is 0 Å². The number of rotatable bonds is 6. The molecule has 0 spiro atoms. The van der Waals surface area contributed by atoms with E-state index in [4.69, 9.17) is 4.42 Å². The minimum atomic E-state index is -4.38. The van der Waals surface area contributed by atoms with Crippen molar-refractivity contribution in [2.24, 2.45) is 0 Å². The summed E-state index contributed by atoms with van der Waals surface area (Å²) in [6, 6.07) is 8.82. The lowest BCUT2D eigenvalue weighted by atomic mass is 10.1. The van der Waals surface area contributed by atoms with E-state index in [1.165, 1.54) is 18.4 Å². The van der Waals surface area contributed by atoms with Gasteiger partial charge in [0.2, 0.25) is 0 Å². The third-order valence-corrected chi connectivity index (χ3v) is 3.13. The molecule has 2 amide bonds. The van der Waals surface area contributed by atoms with Crippen molar-refractivity contribution in [3.05, 3.63) is 54.0 Å². The molecule has 0 radical (unpaired) electrons. The van der Waals surface area contributed by atoms with Crippen LogP contribution in [0.3, 0.4) is 0 Å². The Bertz CT molecular complexity index is 640. The van der Waals surface area contributed by atoms with Gasteiger partial charge in [-0.25, -0.2) is 4.79 Å². The number of nitrogens with one attached hydrogen (secondary N) is 2. The Kier molecular flexibility index (Phi) is 5.73. The van der Waals surface area contributed by atoms with Gasteiger partial charge in [-0.1, -0.05) is 12.1 Å². The number of urea groups is 1. The summed E-state index contributed by atoms with van der Waals surface area (Å²) in [4.78, 5) is 11.8. The summed E-state index contributed by atoms with van der Waals surface area (Å²) in [5, 5.41) is 5.36. The summed E-state index contributed by atoms with van der Waals surface area (Å²) in [5.74, 6) is 0.745. The monoisotopic (exact) mass is 342 g/mol. The topological polar surface area (TPSA) is 63.5 Å². The highest BCUT2D eigenvalue weighted by molar-refractivity contribution is 5.74. The fourth-order valence-corrected chi connectivity index (χ4v) is 1.93. The van der Waals surface area contributed by atoms with Crippen molar-refractivity contribution in [2.45, 2.75) is 25.7 Å². The molecule has 1 atom stereocenters. The molecule has 0 aliphatic rings. The van der Waals surface area contributed by atoms with Crippen molar-refractivity contribution in [3.8, 4) is 5.75 Å². The summed E-state index contributed by atoms with van der Waals surface area (Å²) in [6.45, 7) is 0.684. The van der Waals surface area contributed by atoms with E-state index in [0.717, 1.165) is 5.56 Å². The first-order valence-corrected chi connectivity index (χ1v) is 7.20. The second kappa shape index (κ2) is 7.76. The number of carbonyl (C=O) groups excluding carboxylic acids is 1. The van der Waals surface area contributed by atoms with Crippen LogP contribution in [0.1, 0.15) is 24.3 Å². The number of amides is 2. The number of hydrogen-bond acceptors (Lipinski definition) is 3. The van der Waals surface area contributed by atoms with Gasteiger partial charge in [-0.3, -0.25) is 0 Å². The summed E-state index contributed by atoms with van der Waals surface area (Å²) < 4.78 is 46.0. The van der Waals surface area contributed by atoms with Gasteiger partial charge in [-0.15, -0.1) is 0 Å². The molecule has 1 aromatic heterocycles. The number of halogens is 3. The fraction of sp³-hybridized carbons (Fsp3) is 0.312. The fourth-order valence-electron chi connectivity index (χ4n) is 1.93. The highest BCUT2D eigenvalue weighted by atomic mass is 19.4. The summed E-state index contributed by atoms with van der Waals surface area (Å²) >= 11 is 0. The third kappa shape index (κ3) is 5.86. The second-order valence-electron chi connectivity index (χ2n) is 5.10. The first kappa shape index (κ1) is 17.7. The van der Waals surface area contributed by atoms with Crippen LogP contribution in [0.15, 0.2) is 47.1 Å². The molecule has 130 valence electrons. The molecular weight excluding hydrogens is 325 g/mol. The molecule has 5 nitrogen and oxygen atoms in total. The second-order valence-corrected chi connectivity index (χ2v) is 5.10. The largest absolute Gasteiger partial charge is 0.484 e. The number of benzene rings is 1. The van der Waals surface area contributed by atoms with Crippen LogP contribution in [0.5, 0.6) is 5.75 Å². The molecule has 2 aromatic rings. The Morgan fingerprint density at radius 3 is 2.54 bits per heavy atom. The molecule has 0 saturated carbocycles. The summed E-state index contributed by atoms with van der Waals surface area (Å²) in [5.41, 5.74) is 0.738. The van der Waals surface area contributed by atoms with Gasteiger partial charge in [0, 0.05) is 0 Å². The van der Waals surface area contributed by atoms with E-state index >= 15 is 0 Å². The molecule has 8 heteroatoms. The van der Waals surface area contributed by atoms with Crippen LogP contribution in [0.4, 0.5) is 18.0 Å². The van der Waals surface area contributed by atoms with Gasteiger partial charge in [-0.05, 0) is 36.8 Å². The highest BCUT2D eigenvalue weighted by Gasteiger charge is 2.28. The van der Waals surface area contributed by atoms with E-state index in [9.17, 15) is 18.0 Å². The van der Waals surface area contributed by atoms with Crippen LogP contribution < -0.4 is 15.4 Å². The van der Waals surface area contributed by atoms with Crippen LogP contribution in [-0.4, -0.2) is 18.8 Å². The first-order valence-electron chi connectivity index (χ1n) is 7.20. The average molecular weight is 342 g/mol. The zero-order valence-corrected chi connectivity index (χ0v) is 12.9. The Labute approximate surface area is 136 Å². The third-order valence-electron chi connectivity index (χ3n) is 3.13. The van der Waals surface area contributed by atoms with E-state index < -0.39 is 12.8 Å². The molecule has 0 fully saturated rings. The molecule has 0 aliphatic heterocycles. The maximum absolute atomic E-state index is 12.1. The average Bonchev–Trinajstić information content (AvgIpc) is 3.04. The molecule has 1 heterocycles. The van der Waals surface area contributed by atoms with E-state index in [2.05, 4.69) is 15.4 Å².